The van der Waals surface area contributed by atoms with Gasteiger partial charge in [0.05, 0.1) is 12.7 Å². The quantitative estimate of drug-likeness (QED) is 0.888. The monoisotopic (exact) mass is 350 g/mol. The van der Waals surface area contributed by atoms with Gasteiger partial charge >= 0.3 is 0 Å². The fourth-order valence-corrected chi connectivity index (χ4v) is 3.89. The van der Waals surface area contributed by atoms with Gasteiger partial charge in [0, 0.05) is 24.2 Å². The number of carbonyl (C=O) groups excluding carboxylic acids is 1. The van der Waals surface area contributed by atoms with Crippen LogP contribution in [0.3, 0.4) is 0 Å². The summed E-state index contributed by atoms with van der Waals surface area (Å²) >= 11 is 0. The van der Waals surface area contributed by atoms with Gasteiger partial charge in [-0.2, -0.15) is 0 Å². The highest BCUT2D eigenvalue weighted by molar-refractivity contribution is 5.99. The zero-order valence-corrected chi connectivity index (χ0v) is 14.6. The Morgan fingerprint density at radius 1 is 1.29 bits per heavy atom. The second kappa shape index (κ2) is 7.03. The number of ether oxygens (including phenoxy) is 2. The molecule has 2 bridgehead atoms. The van der Waals surface area contributed by atoms with E-state index in [0.29, 0.717) is 18.7 Å². The normalized spacial score (nSPS) is 24.9. The fraction of sp³-hybridized carbons (Fsp3) is 0.500. The highest BCUT2D eigenvalue weighted by atomic mass is 35.5. The van der Waals surface area contributed by atoms with Gasteiger partial charge in [0.2, 0.25) is 0 Å². The molecule has 2 saturated heterocycles. The van der Waals surface area contributed by atoms with E-state index in [2.05, 4.69) is 10.2 Å². The van der Waals surface area contributed by atoms with Crippen LogP contribution in [-0.4, -0.2) is 49.7 Å². The van der Waals surface area contributed by atoms with Gasteiger partial charge in [-0.15, -0.1) is 12.4 Å². The van der Waals surface area contributed by atoms with Gasteiger partial charge < -0.3 is 19.7 Å². The number of hydrogen-bond acceptors (Lipinski definition) is 4. The van der Waals surface area contributed by atoms with Gasteiger partial charge in [0.1, 0.15) is 18.1 Å². The minimum atomic E-state index is 0. The van der Waals surface area contributed by atoms with Gasteiger partial charge in [0.25, 0.3) is 5.91 Å². The predicted molar refractivity (Wildman–Crippen MR) is 94.9 cm³/mol. The van der Waals surface area contributed by atoms with Crippen molar-refractivity contribution in [2.75, 3.05) is 26.8 Å². The number of amides is 1. The van der Waals surface area contributed by atoms with E-state index in [4.69, 9.17) is 9.47 Å². The van der Waals surface area contributed by atoms with Crippen molar-refractivity contribution < 1.29 is 14.3 Å². The number of nitrogens with zero attached hydrogens (tertiary/aromatic N) is 1. The van der Waals surface area contributed by atoms with Crippen molar-refractivity contribution in [3.05, 3.63) is 29.3 Å². The highest BCUT2D eigenvalue weighted by Gasteiger charge is 2.39. The van der Waals surface area contributed by atoms with Gasteiger partial charge in [0.15, 0.2) is 0 Å². The highest BCUT2D eigenvalue weighted by Crippen LogP contribution is 2.33. The third-order valence-electron chi connectivity index (χ3n) is 5.09. The van der Waals surface area contributed by atoms with Gasteiger partial charge in [-0.25, -0.2) is 0 Å². The second-order valence-corrected chi connectivity index (χ2v) is 6.45. The minimum Gasteiger partial charge on any atom is -0.497 e. The Balaban J connectivity index is 0.00000169. The smallest absolute Gasteiger partial charge is 0.253 e. The molecule has 0 spiro atoms. The van der Waals surface area contributed by atoms with Crippen LogP contribution < -0.4 is 14.8 Å². The van der Waals surface area contributed by atoms with Crippen LogP contribution in [0, 0.1) is 0 Å². The number of carbonyl (C=O) groups is 1. The first-order chi connectivity index (χ1) is 11.3. The van der Waals surface area contributed by atoms with Crippen molar-refractivity contribution in [2.45, 2.75) is 31.3 Å². The molecule has 3 heterocycles. The average Bonchev–Trinajstić information content (AvgIpc) is 2.86. The molecule has 6 heteroatoms. The van der Waals surface area contributed by atoms with E-state index >= 15 is 0 Å². The third kappa shape index (κ3) is 2.98. The Hall–Kier alpha value is -1.72. The van der Waals surface area contributed by atoms with Gasteiger partial charge in [-0.05, 0) is 50.1 Å². The van der Waals surface area contributed by atoms with Crippen molar-refractivity contribution in [1.29, 1.82) is 0 Å². The summed E-state index contributed by atoms with van der Waals surface area (Å²) in [7, 11) is 1.64. The lowest BCUT2D eigenvalue weighted by molar-refractivity contribution is -0.129. The molecule has 3 aliphatic rings. The maximum Gasteiger partial charge on any atom is 0.253 e. The molecule has 0 aromatic heterocycles. The van der Waals surface area contributed by atoms with Crippen molar-refractivity contribution in [3.63, 3.8) is 0 Å². The second-order valence-electron chi connectivity index (χ2n) is 6.45. The van der Waals surface area contributed by atoms with E-state index < -0.39 is 0 Å². The summed E-state index contributed by atoms with van der Waals surface area (Å²) in [5.74, 6) is 1.72. The summed E-state index contributed by atoms with van der Waals surface area (Å²) in [6, 6.07) is 6.38. The van der Waals surface area contributed by atoms with E-state index in [9.17, 15) is 4.79 Å². The number of halogens is 1. The lowest BCUT2D eigenvalue weighted by Crippen LogP contribution is -2.44. The van der Waals surface area contributed by atoms with Crippen LogP contribution in [0.15, 0.2) is 23.8 Å². The first kappa shape index (κ1) is 17.1. The number of methoxy groups -OCH3 is 1. The van der Waals surface area contributed by atoms with E-state index in [1.807, 2.05) is 24.3 Å². The zero-order valence-electron chi connectivity index (χ0n) is 13.8. The number of nitrogens with one attached hydrogen (secondary N) is 1. The molecule has 1 aromatic carbocycles. The Labute approximate surface area is 148 Å². The molecule has 4 rings (SSSR count). The molecule has 1 amide bonds. The van der Waals surface area contributed by atoms with Gasteiger partial charge in [-0.1, -0.05) is 0 Å². The van der Waals surface area contributed by atoms with Crippen LogP contribution in [-0.2, 0) is 4.79 Å². The van der Waals surface area contributed by atoms with Crippen LogP contribution >= 0.6 is 12.4 Å². The van der Waals surface area contributed by atoms with Crippen molar-refractivity contribution in [3.8, 4) is 11.5 Å². The molecule has 0 radical (unpaired) electrons. The SMILES string of the molecule is COc1ccc2c(c1)C=C(C(=O)N1C3CCNCC1CC3)CO2.Cl. The molecule has 0 aliphatic carbocycles. The standard InChI is InChI=1S/C18H22N2O3.ClH/c1-22-16-4-5-17-12(9-16)8-13(11-23-17)18(21)20-14-2-3-15(20)10-19-7-6-14;/h4-5,8-9,14-15,19H,2-3,6-7,10-11H2,1H3;1H. The number of hydrogen-bond donors (Lipinski definition) is 1. The average molecular weight is 351 g/mol. The van der Waals surface area contributed by atoms with Crippen LogP contribution in [0.5, 0.6) is 11.5 Å². The lowest BCUT2D eigenvalue weighted by atomic mass is 10.1. The Kier molecular flexibility index (Phi) is 5.01. The lowest BCUT2D eigenvalue weighted by Gasteiger charge is -2.30. The summed E-state index contributed by atoms with van der Waals surface area (Å²) in [6.45, 7) is 2.25. The van der Waals surface area contributed by atoms with Crippen molar-refractivity contribution in [2.24, 2.45) is 0 Å². The molecule has 2 unspecified atom stereocenters. The first-order valence-electron chi connectivity index (χ1n) is 8.31. The summed E-state index contributed by atoms with van der Waals surface area (Å²) in [6.07, 6.45) is 5.22. The maximum atomic E-state index is 13.0. The molecule has 130 valence electrons. The summed E-state index contributed by atoms with van der Waals surface area (Å²) < 4.78 is 11.0. The maximum absolute atomic E-state index is 13.0. The largest absolute Gasteiger partial charge is 0.497 e. The molecule has 24 heavy (non-hydrogen) atoms. The van der Waals surface area contributed by atoms with Crippen molar-refractivity contribution >= 4 is 24.4 Å². The molecular formula is C18H23ClN2O3. The van der Waals surface area contributed by atoms with Gasteiger partial charge in [-0.3, -0.25) is 4.79 Å². The molecule has 5 nitrogen and oxygen atoms in total. The third-order valence-corrected chi connectivity index (χ3v) is 5.09. The minimum absolute atomic E-state index is 0. The van der Waals surface area contributed by atoms with Crippen LogP contribution in [0.25, 0.3) is 6.08 Å². The molecule has 1 aromatic rings. The fourth-order valence-electron chi connectivity index (χ4n) is 3.89. The van der Waals surface area contributed by atoms with Crippen LogP contribution in [0.4, 0.5) is 0 Å². The van der Waals surface area contributed by atoms with E-state index in [0.717, 1.165) is 55.0 Å². The number of fused-ring (bicyclic) bond motifs is 3. The molecule has 2 fully saturated rings. The van der Waals surface area contributed by atoms with Crippen LogP contribution in [0.2, 0.25) is 0 Å². The van der Waals surface area contributed by atoms with Crippen molar-refractivity contribution in [1.82, 2.24) is 10.2 Å². The Morgan fingerprint density at radius 2 is 2.12 bits per heavy atom. The molecule has 1 N–H and O–H groups in total. The molecule has 3 aliphatic heterocycles. The molecule has 0 saturated carbocycles. The molecule has 2 atom stereocenters. The summed E-state index contributed by atoms with van der Waals surface area (Å²) in [4.78, 5) is 15.1. The topological polar surface area (TPSA) is 50.8 Å². The van der Waals surface area contributed by atoms with E-state index in [1.54, 1.807) is 7.11 Å². The Bertz CT molecular complexity index is 648. The molecular weight excluding hydrogens is 328 g/mol. The van der Waals surface area contributed by atoms with Crippen LogP contribution in [0.1, 0.15) is 24.8 Å². The summed E-state index contributed by atoms with van der Waals surface area (Å²) in [5, 5.41) is 3.44. The van der Waals surface area contributed by atoms with E-state index in [1.165, 1.54) is 0 Å². The zero-order chi connectivity index (χ0) is 15.8. The number of rotatable bonds is 2. The predicted octanol–water partition coefficient (Wildman–Crippen LogP) is 2.25. The summed E-state index contributed by atoms with van der Waals surface area (Å²) in [5.41, 5.74) is 1.66. The Morgan fingerprint density at radius 3 is 2.96 bits per heavy atom. The van der Waals surface area contributed by atoms with E-state index in [-0.39, 0.29) is 18.3 Å². The number of benzene rings is 1. The first-order valence-corrected chi connectivity index (χ1v) is 8.31.